The Balaban J connectivity index is 0.000000730. The summed E-state index contributed by atoms with van der Waals surface area (Å²) in [5, 5.41) is 13.7. The number of amides is 1. The lowest BCUT2D eigenvalue weighted by Crippen LogP contribution is -2.21. The lowest BCUT2D eigenvalue weighted by molar-refractivity contribution is -0.192. The minimum absolute atomic E-state index is 0.205. The summed E-state index contributed by atoms with van der Waals surface area (Å²) in [7, 11) is 2.98. The quantitative estimate of drug-likeness (QED) is 0.0990. The van der Waals surface area contributed by atoms with Gasteiger partial charge in [-0.05, 0) is 60.7 Å². The van der Waals surface area contributed by atoms with Crippen LogP contribution >= 0.6 is 11.6 Å². The number of carbonyl (C=O) groups is 2. The predicted molar refractivity (Wildman–Crippen MR) is 195 cm³/mol. The van der Waals surface area contributed by atoms with Crippen molar-refractivity contribution in [1.82, 2.24) is 9.97 Å². The summed E-state index contributed by atoms with van der Waals surface area (Å²) in [5.41, 5.74) is 11.1. The molecule has 0 spiro atoms. The molecule has 0 fully saturated rings. The van der Waals surface area contributed by atoms with Gasteiger partial charge in [0.05, 0.1) is 49.8 Å². The molecule has 6 rings (SSSR count). The van der Waals surface area contributed by atoms with Crippen LogP contribution in [-0.2, 0) is 11.3 Å². The number of aliphatic carboxylic acids is 1. The summed E-state index contributed by atoms with van der Waals surface area (Å²) < 4.78 is 58.0. The van der Waals surface area contributed by atoms with Crippen LogP contribution in [-0.4, -0.2) is 59.6 Å². The first-order chi connectivity index (χ1) is 25.8. The number of nitrogens with two attached hydrogens (primary N) is 1. The minimum atomic E-state index is -5.08. The molecule has 276 valence electrons. The Morgan fingerprint density at radius 1 is 0.963 bits per heavy atom. The maximum absolute atomic E-state index is 15.2. The van der Waals surface area contributed by atoms with Crippen LogP contribution < -0.4 is 25.8 Å². The van der Waals surface area contributed by atoms with Crippen molar-refractivity contribution in [2.45, 2.75) is 12.7 Å². The summed E-state index contributed by atoms with van der Waals surface area (Å²) in [4.78, 5) is 36.1. The van der Waals surface area contributed by atoms with Crippen molar-refractivity contribution < 1.29 is 41.7 Å². The third-order valence-corrected chi connectivity index (χ3v) is 7.85. The Hall–Kier alpha value is -6.50. The average Bonchev–Trinajstić information content (AvgIpc) is 3.30. The van der Waals surface area contributed by atoms with Crippen LogP contribution in [0.1, 0.15) is 32.6 Å². The highest BCUT2D eigenvalue weighted by Crippen LogP contribution is 2.36. The molecule has 1 aliphatic rings. The van der Waals surface area contributed by atoms with Crippen molar-refractivity contribution in [3.63, 3.8) is 0 Å². The van der Waals surface area contributed by atoms with Crippen molar-refractivity contribution in [2.75, 3.05) is 31.4 Å². The fourth-order valence-electron chi connectivity index (χ4n) is 5.18. The number of methoxy groups -OCH3 is 2. The summed E-state index contributed by atoms with van der Waals surface area (Å²) in [6, 6.07) is 22.2. The standard InChI is InChI=1S/C36H28ClFN6O3.C2HF3O2/c1-46-30-7-3-6-29(38)32(30)34-28-17-23(37)10-14-26(28)33-22(19-40-34)20-41-36(44-33)43-25-13-15-27(31(18-25)47-2)35(45)42-24-11-8-21(9-12-24)5-4-16-39;3-2(4,5)1(6)7/h3,6-15,17-18,20H,16,19,39H2,1-2H3,(H,42,45)(H,41,43,44);(H,6,7). The molecule has 2 heterocycles. The van der Waals surface area contributed by atoms with Crippen LogP contribution in [0.3, 0.4) is 0 Å². The molecule has 5 N–H and O–H groups in total. The number of ether oxygens (including phenoxy) is 2. The number of hydrogen-bond donors (Lipinski definition) is 4. The number of anilines is 3. The number of rotatable bonds is 7. The van der Waals surface area contributed by atoms with Crippen LogP contribution in [0.15, 0.2) is 90.1 Å². The number of carboxylic acid groups (broad SMARTS) is 1. The van der Waals surface area contributed by atoms with E-state index in [9.17, 15) is 18.0 Å². The Morgan fingerprint density at radius 3 is 2.33 bits per heavy atom. The van der Waals surface area contributed by atoms with Crippen molar-refractivity contribution in [3.05, 3.63) is 124 Å². The molecular formula is C38H29ClF4N6O5. The fourth-order valence-corrected chi connectivity index (χ4v) is 5.35. The van der Waals surface area contributed by atoms with Crippen LogP contribution in [0.2, 0.25) is 5.02 Å². The minimum Gasteiger partial charge on any atom is -0.496 e. The van der Waals surface area contributed by atoms with Crippen molar-refractivity contribution in [3.8, 4) is 34.6 Å². The number of halogens is 5. The molecule has 54 heavy (non-hydrogen) atoms. The van der Waals surface area contributed by atoms with E-state index in [2.05, 4.69) is 27.5 Å². The van der Waals surface area contributed by atoms with Gasteiger partial charge in [-0.25, -0.2) is 19.2 Å². The lowest BCUT2D eigenvalue weighted by atomic mass is 9.94. The average molecular weight is 761 g/mol. The van der Waals surface area contributed by atoms with Gasteiger partial charge in [0.1, 0.15) is 17.3 Å². The monoisotopic (exact) mass is 760 g/mol. The maximum Gasteiger partial charge on any atom is 0.490 e. The van der Waals surface area contributed by atoms with E-state index in [1.165, 1.54) is 20.3 Å². The van der Waals surface area contributed by atoms with Crippen LogP contribution in [0, 0.1) is 17.7 Å². The van der Waals surface area contributed by atoms with E-state index in [1.54, 1.807) is 72.9 Å². The summed E-state index contributed by atoms with van der Waals surface area (Å²) in [6.07, 6.45) is -3.40. The van der Waals surface area contributed by atoms with E-state index in [0.29, 0.717) is 61.9 Å². The third-order valence-electron chi connectivity index (χ3n) is 7.62. The van der Waals surface area contributed by atoms with Gasteiger partial charge in [-0.1, -0.05) is 35.6 Å². The molecule has 0 saturated heterocycles. The molecular weight excluding hydrogens is 732 g/mol. The van der Waals surface area contributed by atoms with E-state index >= 15 is 4.39 Å². The molecule has 1 aliphatic heterocycles. The molecule has 1 amide bonds. The summed E-state index contributed by atoms with van der Waals surface area (Å²) in [5.74, 6) is 3.19. The molecule has 0 atom stereocenters. The Labute approximate surface area is 310 Å². The van der Waals surface area contributed by atoms with Gasteiger partial charge in [0.25, 0.3) is 5.91 Å². The Kier molecular flexibility index (Phi) is 12.1. The second kappa shape index (κ2) is 16.9. The zero-order valence-electron chi connectivity index (χ0n) is 28.4. The number of nitrogens with one attached hydrogen (secondary N) is 2. The van der Waals surface area contributed by atoms with Gasteiger partial charge in [0.15, 0.2) is 0 Å². The number of aromatic nitrogens is 2. The molecule has 5 aromatic rings. The highest BCUT2D eigenvalue weighted by Gasteiger charge is 2.38. The Bertz CT molecular complexity index is 2310. The number of fused-ring (bicyclic) bond motifs is 3. The van der Waals surface area contributed by atoms with Gasteiger partial charge < -0.3 is 30.9 Å². The fraction of sp³-hybridized carbons (Fsp3) is 0.132. The van der Waals surface area contributed by atoms with Gasteiger partial charge >= 0.3 is 12.1 Å². The van der Waals surface area contributed by atoms with E-state index < -0.39 is 18.0 Å². The zero-order chi connectivity index (χ0) is 39.0. The number of nitrogens with zero attached hydrogens (tertiary/aromatic N) is 3. The molecule has 0 saturated carbocycles. The topological polar surface area (TPSA) is 161 Å². The van der Waals surface area contributed by atoms with Crippen LogP contribution in [0.25, 0.3) is 11.3 Å². The molecule has 0 radical (unpaired) electrons. The maximum atomic E-state index is 15.2. The third kappa shape index (κ3) is 9.10. The summed E-state index contributed by atoms with van der Waals surface area (Å²) in [6.45, 7) is 0.476. The molecule has 0 unspecified atom stereocenters. The molecule has 11 nitrogen and oxygen atoms in total. The van der Waals surface area contributed by atoms with Crippen molar-refractivity contribution in [1.29, 1.82) is 0 Å². The highest BCUT2D eigenvalue weighted by atomic mass is 35.5. The molecule has 0 aliphatic carbocycles. The van der Waals surface area contributed by atoms with E-state index in [1.807, 2.05) is 6.07 Å². The van der Waals surface area contributed by atoms with E-state index in [0.717, 1.165) is 11.1 Å². The first-order valence-electron chi connectivity index (χ1n) is 15.7. The van der Waals surface area contributed by atoms with Crippen LogP contribution in [0.4, 0.5) is 34.9 Å². The largest absolute Gasteiger partial charge is 0.496 e. The number of carboxylic acids is 1. The van der Waals surface area contributed by atoms with Crippen molar-refractivity contribution in [2.24, 2.45) is 10.7 Å². The lowest BCUT2D eigenvalue weighted by Gasteiger charge is -2.15. The number of benzene rings is 4. The SMILES string of the molecule is COc1cc(Nc2ncc3c(n2)-c2ccc(Cl)cc2C(c2c(F)cccc2OC)=NC3)ccc1C(=O)Nc1ccc(C#CCN)cc1.O=C(O)C(F)(F)F. The predicted octanol–water partition coefficient (Wildman–Crippen LogP) is 7.24. The molecule has 16 heteroatoms. The van der Waals surface area contributed by atoms with Gasteiger partial charge in [-0.3, -0.25) is 9.79 Å². The highest BCUT2D eigenvalue weighted by molar-refractivity contribution is 6.31. The number of alkyl halides is 3. The van der Waals surface area contributed by atoms with Gasteiger partial charge in [-0.15, -0.1) is 0 Å². The zero-order valence-corrected chi connectivity index (χ0v) is 29.1. The number of carbonyl (C=O) groups excluding carboxylic acids is 1. The van der Waals surface area contributed by atoms with E-state index in [4.69, 9.17) is 46.7 Å². The van der Waals surface area contributed by atoms with Crippen LogP contribution in [0.5, 0.6) is 11.5 Å². The van der Waals surface area contributed by atoms with Gasteiger partial charge in [-0.2, -0.15) is 13.2 Å². The van der Waals surface area contributed by atoms with E-state index in [-0.39, 0.29) is 24.6 Å². The first-order valence-corrected chi connectivity index (χ1v) is 16.1. The second-order valence-electron chi connectivity index (χ2n) is 11.1. The van der Waals surface area contributed by atoms with Crippen molar-refractivity contribution >= 4 is 46.5 Å². The normalized spacial score (nSPS) is 11.5. The van der Waals surface area contributed by atoms with Gasteiger partial charge in [0.2, 0.25) is 5.95 Å². The number of aliphatic imine (C=N–C) groups is 1. The smallest absolute Gasteiger partial charge is 0.490 e. The molecule has 1 aromatic heterocycles. The second-order valence-corrected chi connectivity index (χ2v) is 11.6. The number of hydrogen-bond acceptors (Lipinski definition) is 9. The molecule has 4 aromatic carbocycles. The Morgan fingerprint density at radius 2 is 1.67 bits per heavy atom. The summed E-state index contributed by atoms with van der Waals surface area (Å²) >= 11 is 6.42. The molecule has 0 bridgehead atoms. The first kappa shape index (κ1) is 38.7. The van der Waals surface area contributed by atoms with Gasteiger partial charge in [0, 0.05) is 50.9 Å².